The molecule has 0 heterocycles. The molecule has 0 rings (SSSR count). The van der Waals surface area contributed by atoms with Crippen molar-refractivity contribution in [3.05, 3.63) is 0 Å². The molecule has 104 valence electrons. The number of aliphatic carboxylic acids is 1. The van der Waals surface area contributed by atoms with Crippen LogP contribution in [0.1, 0.15) is 6.92 Å². The number of hydrogen-bond acceptors (Lipinski definition) is 6. The minimum Gasteiger partial charge on any atom is -0.480 e. The lowest BCUT2D eigenvalue weighted by Gasteiger charge is -2.17. The van der Waals surface area contributed by atoms with Gasteiger partial charge in [-0.05, 0) is 6.92 Å². The van der Waals surface area contributed by atoms with E-state index in [1.54, 1.807) is 0 Å². The summed E-state index contributed by atoms with van der Waals surface area (Å²) in [5.41, 5.74) is 5.17. The Morgan fingerprint density at radius 3 is 2.28 bits per heavy atom. The van der Waals surface area contributed by atoms with E-state index in [1.165, 1.54) is 6.92 Å². The molecule has 0 aromatic heterocycles. The Hall–Kier alpha value is -1.71. The fourth-order valence-corrected chi connectivity index (χ4v) is 0.995. The number of carbonyl (C=O) groups excluding carboxylic acids is 2. The molecule has 0 aromatic rings. The van der Waals surface area contributed by atoms with Crippen molar-refractivity contribution < 1.29 is 29.7 Å². The highest BCUT2D eigenvalue weighted by Crippen LogP contribution is 1.92. The van der Waals surface area contributed by atoms with Crippen molar-refractivity contribution in [1.29, 1.82) is 0 Å². The standard InChI is InChI=1S/C9H17N3O6/c1-4(14)7(9(17)18)12-6(15)2-11-8(16)5(10)3-13/h4-5,7,13-14H,2-3,10H2,1H3,(H,11,16)(H,12,15)(H,17,18)/t4-,5+,7+/m1/s1. The van der Waals surface area contributed by atoms with Crippen molar-refractivity contribution in [3.63, 3.8) is 0 Å². The number of nitrogens with two attached hydrogens (primary N) is 1. The molecule has 0 radical (unpaired) electrons. The third-order valence-electron chi connectivity index (χ3n) is 2.02. The summed E-state index contributed by atoms with van der Waals surface area (Å²) in [7, 11) is 0. The van der Waals surface area contributed by atoms with Gasteiger partial charge in [-0.15, -0.1) is 0 Å². The Morgan fingerprint density at radius 1 is 1.33 bits per heavy atom. The smallest absolute Gasteiger partial charge is 0.328 e. The minimum atomic E-state index is -1.46. The number of aliphatic hydroxyl groups is 2. The maximum atomic E-state index is 11.3. The Labute approximate surface area is 103 Å². The first-order chi connectivity index (χ1) is 8.29. The summed E-state index contributed by atoms with van der Waals surface area (Å²) in [6, 6.07) is -2.61. The molecule has 0 bridgehead atoms. The second-order valence-corrected chi connectivity index (χ2v) is 3.63. The van der Waals surface area contributed by atoms with Gasteiger partial charge in [0.15, 0.2) is 6.04 Å². The Bertz CT molecular complexity index is 319. The van der Waals surface area contributed by atoms with Crippen molar-refractivity contribution in [1.82, 2.24) is 10.6 Å². The first-order valence-corrected chi connectivity index (χ1v) is 5.14. The van der Waals surface area contributed by atoms with E-state index in [0.29, 0.717) is 0 Å². The molecule has 0 saturated carbocycles. The second kappa shape index (κ2) is 7.58. The first kappa shape index (κ1) is 16.3. The predicted molar refractivity (Wildman–Crippen MR) is 59.3 cm³/mol. The Morgan fingerprint density at radius 2 is 1.89 bits per heavy atom. The van der Waals surface area contributed by atoms with E-state index in [0.717, 1.165) is 0 Å². The molecule has 9 heteroatoms. The van der Waals surface area contributed by atoms with Crippen LogP contribution in [0, 0.1) is 0 Å². The van der Waals surface area contributed by atoms with Gasteiger partial charge in [0, 0.05) is 0 Å². The van der Waals surface area contributed by atoms with Crippen LogP contribution < -0.4 is 16.4 Å². The summed E-state index contributed by atoms with van der Waals surface area (Å²) >= 11 is 0. The lowest BCUT2D eigenvalue weighted by molar-refractivity contribution is -0.144. The molecule has 0 unspecified atom stereocenters. The zero-order chi connectivity index (χ0) is 14.3. The molecular weight excluding hydrogens is 246 g/mol. The number of carbonyl (C=O) groups is 3. The van der Waals surface area contributed by atoms with Crippen molar-refractivity contribution in [2.24, 2.45) is 5.73 Å². The largest absolute Gasteiger partial charge is 0.480 e. The van der Waals surface area contributed by atoms with Crippen LogP contribution in [-0.2, 0) is 14.4 Å². The fourth-order valence-electron chi connectivity index (χ4n) is 0.995. The SMILES string of the molecule is C[C@@H](O)[C@H](NC(=O)CNC(=O)[C@@H](N)CO)C(=O)O. The quantitative estimate of drug-likeness (QED) is 0.276. The molecule has 7 N–H and O–H groups in total. The summed E-state index contributed by atoms with van der Waals surface area (Å²) in [4.78, 5) is 33.0. The van der Waals surface area contributed by atoms with Gasteiger partial charge in [-0.2, -0.15) is 0 Å². The van der Waals surface area contributed by atoms with E-state index in [2.05, 4.69) is 5.32 Å². The molecule has 9 nitrogen and oxygen atoms in total. The second-order valence-electron chi connectivity index (χ2n) is 3.63. The van der Waals surface area contributed by atoms with Crippen molar-refractivity contribution >= 4 is 17.8 Å². The molecule has 2 amide bonds. The van der Waals surface area contributed by atoms with E-state index >= 15 is 0 Å². The molecule has 0 aromatic carbocycles. The highest BCUT2D eigenvalue weighted by molar-refractivity contribution is 5.89. The van der Waals surface area contributed by atoms with Crippen LogP contribution >= 0.6 is 0 Å². The minimum absolute atomic E-state index is 0.497. The number of carboxylic acid groups (broad SMARTS) is 1. The van der Waals surface area contributed by atoms with Gasteiger partial charge in [-0.3, -0.25) is 9.59 Å². The predicted octanol–water partition coefficient (Wildman–Crippen LogP) is -3.63. The van der Waals surface area contributed by atoms with E-state index in [-0.39, 0.29) is 0 Å². The highest BCUT2D eigenvalue weighted by atomic mass is 16.4. The fraction of sp³-hybridized carbons (Fsp3) is 0.667. The van der Waals surface area contributed by atoms with Crippen molar-refractivity contribution in [2.75, 3.05) is 13.2 Å². The number of amides is 2. The van der Waals surface area contributed by atoms with Gasteiger partial charge >= 0.3 is 5.97 Å². The molecule has 0 fully saturated rings. The highest BCUT2D eigenvalue weighted by Gasteiger charge is 2.25. The molecule has 0 aliphatic rings. The molecule has 0 aliphatic heterocycles. The number of hydrogen-bond donors (Lipinski definition) is 6. The number of rotatable bonds is 7. The normalized spacial score (nSPS) is 15.3. The molecule has 0 saturated heterocycles. The number of carboxylic acids is 1. The van der Waals surface area contributed by atoms with Crippen LogP contribution in [0.4, 0.5) is 0 Å². The zero-order valence-corrected chi connectivity index (χ0v) is 9.79. The van der Waals surface area contributed by atoms with Gasteiger partial charge < -0.3 is 31.7 Å². The zero-order valence-electron chi connectivity index (χ0n) is 9.79. The maximum absolute atomic E-state index is 11.3. The number of nitrogens with one attached hydrogen (secondary N) is 2. The van der Waals surface area contributed by atoms with Gasteiger partial charge in [0.1, 0.15) is 6.04 Å². The van der Waals surface area contributed by atoms with Gasteiger partial charge in [0.25, 0.3) is 0 Å². The third kappa shape index (κ3) is 5.57. The van der Waals surface area contributed by atoms with E-state index in [9.17, 15) is 14.4 Å². The average Bonchev–Trinajstić information content (AvgIpc) is 2.30. The van der Waals surface area contributed by atoms with Crippen LogP contribution in [0.2, 0.25) is 0 Å². The van der Waals surface area contributed by atoms with Gasteiger partial charge in [-0.1, -0.05) is 0 Å². The van der Waals surface area contributed by atoms with Crippen LogP contribution in [-0.4, -0.2) is 64.4 Å². The van der Waals surface area contributed by atoms with Crippen molar-refractivity contribution in [3.8, 4) is 0 Å². The van der Waals surface area contributed by atoms with E-state index < -0.39 is 49.1 Å². The van der Waals surface area contributed by atoms with Crippen LogP contribution in [0.5, 0.6) is 0 Å². The van der Waals surface area contributed by atoms with E-state index in [1.807, 2.05) is 5.32 Å². The molecule has 3 atom stereocenters. The lowest BCUT2D eigenvalue weighted by atomic mass is 10.2. The molecular formula is C9H17N3O6. The molecule has 0 aliphatic carbocycles. The van der Waals surface area contributed by atoms with Gasteiger partial charge in [0.2, 0.25) is 11.8 Å². The van der Waals surface area contributed by atoms with E-state index in [4.69, 9.17) is 21.1 Å². The first-order valence-electron chi connectivity index (χ1n) is 5.14. The maximum Gasteiger partial charge on any atom is 0.328 e. The van der Waals surface area contributed by atoms with Crippen LogP contribution in [0.15, 0.2) is 0 Å². The lowest BCUT2D eigenvalue weighted by Crippen LogP contribution is -2.52. The van der Waals surface area contributed by atoms with Crippen molar-refractivity contribution in [2.45, 2.75) is 25.1 Å². The molecule has 18 heavy (non-hydrogen) atoms. The summed E-state index contributed by atoms with van der Waals surface area (Å²) in [6.45, 7) is 0.140. The summed E-state index contributed by atoms with van der Waals surface area (Å²) < 4.78 is 0. The monoisotopic (exact) mass is 263 g/mol. The average molecular weight is 263 g/mol. The summed E-state index contributed by atoms with van der Waals surface area (Å²) in [6.07, 6.45) is -1.28. The van der Waals surface area contributed by atoms with Gasteiger partial charge in [0.05, 0.1) is 19.3 Å². The Kier molecular flexibility index (Phi) is 6.86. The summed E-state index contributed by atoms with van der Waals surface area (Å²) in [5.74, 6) is -2.92. The summed E-state index contributed by atoms with van der Waals surface area (Å²) in [5, 5.41) is 30.5. The van der Waals surface area contributed by atoms with Crippen LogP contribution in [0.25, 0.3) is 0 Å². The third-order valence-corrected chi connectivity index (χ3v) is 2.02. The Balaban J connectivity index is 4.19. The number of aliphatic hydroxyl groups excluding tert-OH is 2. The van der Waals surface area contributed by atoms with Crippen LogP contribution in [0.3, 0.4) is 0 Å². The van der Waals surface area contributed by atoms with Gasteiger partial charge in [-0.25, -0.2) is 4.79 Å². The molecule has 0 spiro atoms. The topological polar surface area (TPSA) is 162 Å².